The molecule has 1 saturated heterocycles. The molecule has 5 rings (SSSR count). The molecule has 0 saturated carbocycles. The van der Waals surface area contributed by atoms with Crippen molar-refractivity contribution in [3.63, 3.8) is 0 Å². The van der Waals surface area contributed by atoms with Crippen LogP contribution in [0, 0.1) is 6.92 Å². The minimum atomic E-state index is 0.0242. The Balaban J connectivity index is 0.000000996. The predicted molar refractivity (Wildman–Crippen MR) is 210 cm³/mol. The second-order valence-electron chi connectivity index (χ2n) is 11.4. The Bertz CT molecular complexity index is 1620. The lowest BCUT2D eigenvalue weighted by molar-refractivity contribution is -0.106. The average molecular weight is 677 g/mol. The lowest BCUT2D eigenvalue weighted by Crippen LogP contribution is -2.55. The van der Waals surface area contributed by atoms with E-state index in [0.29, 0.717) is 18.7 Å². The van der Waals surface area contributed by atoms with E-state index in [1.54, 1.807) is 6.08 Å². The van der Waals surface area contributed by atoms with Gasteiger partial charge in [0.05, 0.1) is 17.9 Å². The van der Waals surface area contributed by atoms with E-state index in [4.69, 9.17) is 9.53 Å². The number of hydrogen-bond donors (Lipinski definition) is 1. The second-order valence-corrected chi connectivity index (χ2v) is 11.4. The van der Waals surface area contributed by atoms with E-state index in [1.165, 1.54) is 11.1 Å². The normalized spacial score (nSPS) is 13.8. The number of amides is 2. The molecule has 2 N–H and O–H groups in total. The first-order valence-electron chi connectivity index (χ1n) is 17.4. The van der Waals surface area contributed by atoms with Crippen LogP contribution in [-0.4, -0.2) is 59.0 Å². The predicted octanol–water partition coefficient (Wildman–Crippen LogP) is 8.66. The first-order valence-corrected chi connectivity index (χ1v) is 17.4. The summed E-state index contributed by atoms with van der Waals surface area (Å²) in [6.07, 6.45) is 6.73. The third kappa shape index (κ3) is 11.8. The van der Waals surface area contributed by atoms with Crippen LogP contribution >= 0.6 is 0 Å². The zero-order valence-electron chi connectivity index (χ0n) is 30.8. The van der Waals surface area contributed by atoms with Crippen molar-refractivity contribution >= 4 is 17.9 Å². The molecule has 1 aliphatic rings. The molecule has 50 heavy (non-hydrogen) atoms. The van der Waals surface area contributed by atoms with Crippen LogP contribution in [0.15, 0.2) is 122 Å². The van der Waals surface area contributed by atoms with Gasteiger partial charge in [-0.3, -0.25) is 14.5 Å². The monoisotopic (exact) mass is 676 g/mol. The number of nitrogens with zero attached hydrogens (tertiary/aromatic N) is 3. The van der Waals surface area contributed by atoms with Gasteiger partial charge in [0.15, 0.2) is 0 Å². The van der Waals surface area contributed by atoms with Crippen LogP contribution in [0.3, 0.4) is 0 Å². The molecule has 266 valence electrons. The maximum absolute atomic E-state index is 14.5. The van der Waals surface area contributed by atoms with Gasteiger partial charge in [0.2, 0.25) is 6.41 Å². The molecule has 2 heterocycles. The Kier molecular flexibility index (Phi) is 18.5. The Morgan fingerprint density at radius 1 is 0.940 bits per heavy atom. The third-order valence-corrected chi connectivity index (χ3v) is 7.88. The van der Waals surface area contributed by atoms with E-state index in [1.807, 2.05) is 83.2 Å². The molecule has 7 heteroatoms. The van der Waals surface area contributed by atoms with Gasteiger partial charge >= 0.3 is 0 Å². The van der Waals surface area contributed by atoms with E-state index < -0.39 is 0 Å². The van der Waals surface area contributed by atoms with Gasteiger partial charge in [-0.05, 0) is 81.1 Å². The number of hydrogen-bond acceptors (Lipinski definition) is 4. The van der Waals surface area contributed by atoms with Crippen LogP contribution in [-0.2, 0) is 17.8 Å². The highest BCUT2D eigenvalue weighted by Gasteiger charge is 2.33. The summed E-state index contributed by atoms with van der Waals surface area (Å²) >= 11 is 0. The number of piperazine rings is 1. The molecule has 0 bridgehead atoms. The summed E-state index contributed by atoms with van der Waals surface area (Å²) in [4.78, 5) is 27.7. The number of para-hydroxylation sites is 1. The number of benzene rings is 3. The maximum Gasteiger partial charge on any atom is 0.256 e. The first kappa shape index (κ1) is 41.0. The molecular formula is C43H56N4O3. The van der Waals surface area contributed by atoms with E-state index in [0.717, 1.165) is 54.5 Å². The second kappa shape index (κ2) is 22.5. The van der Waals surface area contributed by atoms with E-state index in [-0.39, 0.29) is 18.4 Å². The summed E-state index contributed by atoms with van der Waals surface area (Å²) in [7, 11) is 0. The zero-order valence-corrected chi connectivity index (χ0v) is 30.8. The smallest absolute Gasteiger partial charge is 0.256 e. The number of ether oxygens (including phenoxy) is 1. The highest BCUT2D eigenvalue weighted by atomic mass is 16.5. The Labute approximate surface area is 300 Å². The molecule has 1 fully saturated rings. The summed E-state index contributed by atoms with van der Waals surface area (Å²) < 4.78 is 7.82. The lowest BCUT2D eigenvalue weighted by atomic mass is 9.99. The molecule has 3 aromatic carbocycles. The lowest BCUT2D eigenvalue weighted by Gasteiger charge is -2.42. The third-order valence-electron chi connectivity index (χ3n) is 7.88. The van der Waals surface area contributed by atoms with Gasteiger partial charge in [-0.25, -0.2) is 0 Å². The van der Waals surface area contributed by atoms with Crippen molar-refractivity contribution in [3.05, 3.63) is 150 Å². The maximum atomic E-state index is 14.5. The highest BCUT2D eigenvalue weighted by molar-refractivity contribution is 6.00. The molecule has 4 aromatic rings. The van der Waals surface area contributed by atoms with Crippen molar-refractivity contribution in [2.75, 3.05) is 26.2 Å². The van der Waals surface area contributed by atoms with E-state index in [2.05, 4.69) is 94.8 Å². The number of carbonyl (C=O) groups excluding carboxylic acids is 2. The number of aryl methyl sites for hydroxylation is 1. The summed E-state index contributed by atoms with van der Waals surface area (Å²) in [6, 6.07) is 31.1. The summed E-state index contributed by atoms with van der Waals surface area (Å²) in [5.41, 5.74) is 11.1. The zero-order chi connectivity index (χ0) is 36.9. The highest BCUT2D eigenvalue weighted by Crippen LogP contribution is 2.30. The van der Waals surface area contributed by atoms with Crippen LogP contribution in [0.1, 0.15) is 67.5 Å². The van der Waals surface area contributed by atoms with Crippen molar-refractivity contribution in [2.45, 2.75) is 60.5 Å². The molecule has 7 nitrogen and oxygen atoms in total. The fourth-order valence-electron chi connectivity index (χ4n) is 5.97. The van der Waals surface area contributed by atoms with Crippen molar-refractivity contribution in [1.29, 1.82) is 0 Å². The number of nitrogens with two attached hydrogens (primary N) is 1. The van der Waals surface area contributed by atoms with Gasteiger partial charge in [0.25, 0.3) is 5.91 Å². The minimum Gasteiger partial charge on any atom is -0.494 e. The minimum absolute atomic E-state index is 0.0242. The molecule has 1 unspecified atom stereocenters. The van der Waals surface area contributed by atoms with Gasteiger partial charge in [-0.1, -0.05) is 99.3 Å². The van der Waals surface area contributed by atoms with Gasteiger partial charge in [-0.15, -0.1) is 6.58 Å². The van der Waals surface area contributed by atoms with Crippen LogP contribution < -0.4 is 10.5 Å². The van der Waals surface area contributed by atoms with E-state index in [9.17, 15) is 4.79 Å². The largest absolute Gasteiger partial charge is 0.494 e. The number of primary amides is 1. The summed E-state index contributed by atoms with van der Waals surface area (Å²) in [5.74, 6) is 0.928. The van der Waals surface area contributed by atoms with Gasteiger partial charge in [0, 0.05) is 43.6 Å². The Morgan fingerprint density at radius 2 is 1.52 bits per heavy atom. The molecule has 1 atom stereocenters. The first-order chi connectivity index (χ1) is 24.3. The number of rotatable bonds is 10. The van der Waals surface area contributed by atoms with Gasteiger partial charge in [-0.2, -0.15) is 0 Å². The van der Waals surface area contributed by atoms with Crippen LogP contribution in [0.25, 0.3) is 11.3 Å². The van der Waals surface area contributed by atoms with Gasteiger partial charge < -0.3 is 19.9 Å². The van der Waals surface area contributed by atoms with E-state index >= 15 is 0 Å². The average Bonchev–Trinajstić information content (AvgIpc) is 3.48. The number of aromatic nitrogens is 1. The molecule has 0 radical (unpaired) electrons. The standard InChI is InChI=1S/C37H41N3O2.C3H6.C2H6.CH3NO/c1-5-13-28(3)36-35(24-29(4)40(36)32-16-11-8-12-17-32)37(41)39-23-22-38(26-31-14-9-7-10-15-31)27-33(39)25-30-18-20-34(21-19-30)42-6-2;1-3-2;1-2;2-1-3/h5,7-21,24,33H,3,6,22-23,25-27H2,1-2,4H3;3H,1H2,2H3;1-2H3;1H,(H2,2,3)/b13-5-;;;. The van der Waals surface area contributed by atoms with Crippen molar-refractivity contribution < 1.29 is 14.3 Å². The van der Waals surface area contributed by atoms with Crippen molar-refractivity contribution in [3.8, 4) is 11.4 Å². The fourth-order valence-corrected chi connectivity index (χ4v) is 5.97. The van der Waals surface area contributed by atoms with Crippen molar-refractivity contribution in [2.24, 2.45) is 5.73 Å². The Hall–Kier alpha value is -5.14. The molecule has 1 aliphatic heterocycles. The fraction of sp³-hybridized carbons (Fsp3) is 0.302. The number of allylic oxidation sites excluding steroid dienone is 4. The summed E-state index contributed by atoms with van der Waals surface area (Å²) in [6.45, 7) is 23.5. The molecule has 0 spiro atoms. The Morgan fingerprint density at radius 3 is 2.08 bits per heavy atom. The van der Waals surface area contributed by atoms with Crippen molar-refractivity contribution in [1.82, 2.24) is 14.4 Å². The van der Waals surface area contributed by atoms with Crippen LogP contribution in [0.4, 0.5) is 0 Å². The quantitative estimate of drug-likeness (QED) is 0.104. The van der Waals surface area contributed by atoms with Gasteiger partial charge in [0.1, 0.15) is 5.75 Å². The summed E-state index contributed by atoms with van der Waals surface area (Å²) in [5, 5.41) is 0. The number of carbonyl (C=O) groups is 2. The molecule has 2 amide bonds. The molecule has 1 aromatic heterocycles. The van der Waals surface area contributed by atoms with Crippen LogP contribution in [0.5, 0.6) is 5.75 Å². The molecular weight excluding hydrogens is 620 g/mol. The van der Waals surface area contributed by atoms with Crippen LogP contribution in [0.2, 0.25) is 0 Å². The SMILES string of the molecule is C=C(/C=C\C)c1c(C(=O)N2CCN(Cc3ccccc3)CC2Cc2ccc(OCC)cc2)cc(C)n1-c1ccccc1.C=CC.CC.NC=O. The molecule has 0 aliphatic carbocycles. The topological polar surface area (TPSA) is 80.8 Å².